The summed E-state index contributed by atoms with van der Waals surface area (Å²) in [6.45, 7) is 1.51. The Morgan fingerprint density at radius 1 is 1.25 bits per heavy atom. The second-order valence-corrected chi connectivity index (χ2v) is 3.85. The first-order chi connectivity index (χ1) is 9.47. The summed E-state index contributed by atoms with van der Waals surface area (Å²) in [5.74, 6) is -0.0915. The van der Waals surface area contributed by atoms with Gasteiger partial charge in [0.05, 0.1) is 10.6 Å². The maximum absolute atomic E-state index is 11.5. The SMILES string of the molecule is Cc1cc(O)c(N=Nc2ccc([N+](=O)[O-])cc2)c(=O)o1. The van der Waals surface area contributed by atoms with Gasteiger partial charge in [0.25, 0.3) is 5.69 Å². The highest BCUT2D eigenvalue weighted by Gasteiger charge is 2.09. The lowest BCUT2D eigenvalue weighted by atomic mass is 10.3. The Hall–Kier alpha value is -3.03. The van der Waals surface area contributed by atoms with Gasteiger partial charge in [0.1, 0.15) is 5.76 Å². The van der Waals surface area contributed by atoms with E-state index in [0.717, 1.165) is 0 Å². The molecule has 0 aliphatic rings. The summed E-state index contributed by atoms with van der Waals surface area (Å²) in [7, 11) is 0. The summed E-state index contributed by atoms with van der Waals surface area (Å²) in [6.07, 6.45) is 0. The van der Waals surface area contributed by atoms with Gasteiger partial charge in [-0.15, -0.1) is 5.11 Å². The van der Waals surface area contributed by atoms with E-state index in [0.29, 0.717) is 5.69 Å². The molecule has 0 unspecified atom stereocenters. The van der Waals surface area contributed by atoms with Gasteiger partial charge in [-0.1, -0.05) is 0 Å². The molecule has 0 aliphatic carbocycles. The Labute approximate surface area is 112 Å². The van der Waals surface area contributed by atoms with Gasteiger partial charge < -0.3 is 9.52 Å². The first kappa shape index (κ1) is 13.4. The van der Waals surface area contributed by atoms with Crippen molar-refractivity contribution in [3.8, 4) is 5.75 Å². The van der Waals surface area contributed by atoms with Gasteiger partial charge in [-0.2, -0.15) is 5.11 Å². The van der Waals surface area contributed by atoms with Gasteiger partial charge in [-0.05, 0) is 19.1 Å². The Kier molecular flexibility index (Phi) is 3.56. The molecule has 8 heteroatoms. The van der Waals surface area contributed by atoms with Crippen LogP contribution in [0.4, 0.5) is 17.1 Å². The van der Waals surface area contributed by atoms with Crippen molar-refractivity contribution in [3.63, 3.8) is 0 Å². The first-order valence-electron chi connectivity index (χ1n) is 5.47. The van der Waals surface area contributed by atoms with Crippen LogP contribution in [-0.2, 0) is 0 Å². The molecule has 0 saturated carbocycles. The quantitative estimate of drug-likeness (QED) is 0.524. The second kappa shape index (κ2) is 5.31. The molecule has 1 heterocycles. The molecule has 102 valence electrons. The van der Waals surface area contributed by atoms with E-state index in [1.807, 2.05) is 0 Å². The molecule has 0 spiro atoms. The fourth-order valence-electron chi connectivity index (χ4n) is 1.43. The Morgan fingerprint density at radius 2 is 1.90 bits per heavy atom. The summed E-state index contributed by atoms with van der Waals surface area (Å²) in [5, 5.41) is 27.3. The van der Waals surface area contributed by atoms with Crippen molar-refractivity contribution in [1.29, 1.82) is 0 Å². The molecule has 2 rings (SSSR count). The van der Waals surface area contributed by atoms with Crippen LogP contribution in [0.25, 0.3) is 0 Å². The molecule has 0 atom stereocenters. The molecule has 0 saturated heterocycles. The van der Waals surface area contributed by atoms with Gasteiger partial charge in [0, 0.05) is 18.2 Å². The number of nitrogens with zero attached hydrogens (tertiary/aromatic N) is 3. The molecule has 0 amide bonds. The molecule has 2 aromatic rings. The van der Waals surface area contributed by atoms with Crippen molar-refractivity contribution < 1.29 is 14.4 Å². The number of nitro groups is 1. The van der Waals surface area contributed by atoms with E-state index in [4.69, 9.17) is 4.42 Å². The Bertz CT molecular complexity index is 734. The van der Waals surface area contributed by atoms with Gasteiger partial charge in [0.15, 0.2) is 5.75 Å². The molecule has 1 N–H and O–H groups in total. The van der Waals surface area contributed by atoms with Crippen LogP contribution < -0.4 is 5.63 Å². The summed E-state index contributed by atoms with van der Waals surface area (Å²) < 4.78 is 4.77. The van der Waals surface area contributed by atoms with Crippen LogP contribution in [0.2, 0.25) is 0 Å². The second-order valence-electron chi connectivity index (χ2n) is 3.85. The zero-order chi connectivity index (χ0) is 14.7. The van der Waals surface area contributed by atoms with Crippen molar-refractivity contribution in [2.24, 2.45) is 10.2 Å². The lowest BCUT2D eigenvalue weighted by Gasteiger charge is -1.97. The van der Waals surface area contributed by atoms with Crippen LogP contribution in [0, 0.1) is 17.0 Å². The fourth-order valence-corrected chi connectivity index (χ4v) is 1.43. The van der Waals surface area contributed by atoms with Crippen molar-refractivity contribution in [3.05, 3.63) is 56.6 Å². The van der Waals surface area contributed by atoms with Crippen LogP contribution >= 0.6 is 0 Å². The van der Waals surface area contributed by atoms with E-state index < -0.39 is 10.5 Å². The van der Waals surface area contributed by atoms with Gasteiger partial charge in [0.2, 0.25) is 5.69 Å². The van der Waals surface area contributed by atoms with Crippen molar-refractivity contribution in [1.82, 2.24) is 0 Å². The van der Waals surface area contributed by atoms with Crippen molar-refractivity contribution in [2.75, 3.05) is 0 Å². The van der Waals surface area contributed by atoms with Crippen LogP contribution in [-0.4, -0.2) is 10.0 Å². The number of aromatic hydroxyl groups is 1. The lowest BCUT2D eigenvalue weighted by Crippen LogP contribution is -1.98. The van der Waals surface area contributed by atoms with E-state index in [1.54, 1.807) is 0 Å². The summed E-state index contributed by atoms with van der Waals surface area (Å²) in [6, 6.07) is 6.49. The largest absolute Gasteiger partial charge is 0.505 e. The van der Waals surface area contributed by atoms with Gasteiger partial charge in [-0.3, -0.25) is 10.1 Å². The van der Waals surface area contributed by atoms with E-state index in [-0.39, 0.29) is 22.9 Å². The van der Waals surface area contributed by atoms with Crippen LogP contribution in [0.5, 0.6) is 5.75 Å². The molecule has 0 bridgehead atoms. The molecule has 0 aliphatic heterocycles. The van der Waals surface area contributed by atoms with Crippen LogP contribution in [0.3, 0.4) is 0 Å². The highest BCUT2D eigenvalue weighted by Crippen LogP contribution is 2.25. The lowest BCUT2D eigenvalue weighted by molar-refractivity contribution is -0.384. The monoisotopic (exact) mass is 275 g/mol. The predicted octanol–water partition coefficient (Wildman–Crippen LogP) is 2.98. The standard InChI is InChI=1S/C12H9N3O5/c1-7-6-10(16)11(12(17)20-7)14-13-8-2-4-9(5-3-8)15(18)19/h2-6,16H,1H3. The van der Waals surface area contributed by atoms with Crippen LogP contribution in [0.15, 0.2) is 49.8 Å². The zero-order valence-electron chi connectivity index (χ0n) is 10.3. The minimum Gasteiger partial charge on any atom is -0.505 e. The maximum atomic E-state index is 11.5. The van der Waals surface area contributed by atoms with E-state index in [1.165, 1.54) is 37.3 Å². The fraction of sp³-hybridized carbons (Fsp3) is 0.0833. The molecule has 20 heavy (non-hydrogen) atoms. The van der Waals surface area contributed by atoms with Crippen molar-refractivity contribution >= 4 is 17.1 Å². The van der Waals surface area contributed by atoms with Crippen LogP contribution in [0.1, 0.15) is 5.76 Å². The number of rotatable bonds is 3. The number of non-ortho nitro benzene ring substituents is 1. The highest BCUT2D eigenvalue weighted by molar-refractivity contribution is 5.49. The summed E-state index contributed by atoms with van der Waals surface area (Å²) in [5.41, 5.74) is -0.918. The average Bonchev–Trinajstić information content (AvgIpc) is 2.38. The third-order valence-electron chi connectivity index (χ3n) is 2.36. The third-order valence-corrected chi connectivity index (χ3v) is 2.36. The number of aryl methyl sites for hydroxylation is 1. The molecule has 1 aromatic heterocycles. The molecule has 1 aromatic carbocycles. The molecular weight excluding hydrogens is 266 g/mol. The van der Waals surface area contributed by atoms with Crippen molar-refractivity contribution in [2.45, 2.75) is 6.92 Å². The van der Waals surface area contributed by atoms with E-state index in [2.05, 4.69) is 10.2 Å². The summed E-state index contributed by atoms with van der Waals surface area (Å²) >= 11 is 0. The molecule has 0 fully saturated rings. The Morgan fingerprint density at radius 3 is 2.45 bits per heavy atom. The smallest absolute Gasteiger partial charge is 0.367 e. The van der Waals surface area contributed by atoms with Gasteiger partial charge in [-0.25, -0.2) is 4.79 Å². The number of azo groups is 1. The Balaban J connectivity index is 2.30. The minimum atomic E-state index is -0.812. The summed E-state index contributed by atoms with van der Waals surface area (Å²) in [4.78, 5) is 21.4. The number of nitro benzene ring substituents is 1. The molecule has 0 radical (unpaired) electrons. The molecule has 8 nitrogen and oxygen atoms in total. The highest BCUT2D eigenvalue weighted by atomic mass is 16.6. The maximum Gasteiger partial charge on any atom is 0.367 e. The zero-order valence-corrected chi connectivity index (χ0v) is 10.3. The minimum absolute atomic E-state index is 0.0818. The number of benzene rings is 1. The predicted molar refractivity (Wildman–Crippen MR) is 68.7 cm³/mol. The topological polar surface area (TPSA) is 118 Å². The van der Waals surface area contributed by atoms with Gasteiger partial charge >= 0.3 is 5.63 Å². The normalized spacial score (nSPS) is 10.8. The van der Waals surface area contributed by atoms with E-state index in [9.17, 15) is 20.0 Å². The average molecular weight is 275 g/mol. The number of hydrogen-bond donors (Lipinski definition) is 1. The van der Waals surface area contributed by atoms with E-state index >= 15 is 0 Å². The first-order valence-corrected chi connectivity index (χ1v) is 5.47. The molecular formula is C12H9N3O5. The third kappa shape index (κ3) is 2.86. The number of hydrogen-bond acceptors (Lipinski definition) is 7.